The van der Waals surface area contributed by atoms with Crippen LogP contribution in [0.2, 0.25) is 5.02 Å². The number of nitrogens with one attached hydrogen (secondary N) is 1. The SMILES string of the molecule is Cc1ccccc1-n1c(S[C@H](C)C(=O)Nc2ccc(F)cc2Cl)nnc1-c1cccnc1. The summed E-state index contributed by atoms with van der Waals surface area (Å²) in [5.74, 6) is -0.125. The minimum Gasteiger partial charge on any atom is -0.324 e. The van der Waals surface area contributed by atoms with Gasteiger partial charge in [0.15, 0.2) is 11.0 Å². The molecule has 4 aromatic rings. The number of rotatable bonds is 6. The molecule has 0 saturated carbocycles. The van der Waals surface area contributed by atoms with Crippen LogP contribution in [0.5, 0.6) is 0 Å². The Bertz CT molecular complexity index is 1260. The van der Waals surface area contributed by atoms with E-state index in [1.807, 2.05) is 47.9 Å². The Morgan fingerprint density at radius 2 is 1.97 bits per heavy atom. The molecule has 0 bridgehead atoms. The molecule has 0 unspecified atom stereocenters. The van der Waals surface area contributed by atoms with Crippen LogP contribution in [-0.2, 0) is 4.79 Å². The number of para-hydroxylation sites is 1. The average Bonchev–Trinajstić information content (AvgIpc) is 3.19. The molecule has 2 aromatic carbocycles. The maximum atomic E-state index is 13.3. The zero-order valence-electron chi connectivity index (χ0n) is 17.3. The molecule has 9 heteroatoms. The third-order valence-corrected chi connectivity index (χ3v) is 6.11. The third kappa shape index (κ3) is 4.66. The summed E-state index contributed by atoms with van der Waals surface area (Å²) in [4.78, 5) is 17.0. The molecule has 0 spiro atoms. The number of benzene rings is 2. The van der Waals surface area contributed by atoms with Gasteiger partial charge in [0.2, 0.25) is 5.91 Å². The molecule has 0 aliphatic carbocycles. The van der Waals surface area contributed by atoms with Crippen LogP contribution in [0.3, 0.4) is 0 Å². The number of aryl methyl sites for hydroxylation is 1. The summed E-state index contributed by atoms with van der Waals surface area (Å²) in [7, 11) is 0. The molecule has 1 atom stereocenters. The number of hydrogen-bond donors (Lipinski definition) is 1. The molecule has 0 aliphatic heterocycles. The Morgan fingerprint density at radius 3 is 2.69 bits per heavy atom. The molecule has 4 rings (SSSR count). The Labute approximate surface area is 193 Å². The van der Waals surface area contributed by atoms with E-state index in [9.17, 15) is 9.18 Å². The van der Waals surface area contributed by atoms with Crippen molar-refractivity contribution in [2.75, 3.05) is 5.32 Å². The number of pyridine rings is 1. The number of nitrogens with zero attached hydrogens (tertiary/aromatic N) is 4. The van der Waals surface area contributed by atoms with Crippen LogP contribution in [0, 0.1) is 12.7 Å². The van der Waals surface area contributed by atoms with Gasteiger partial charge in [-0.1, -0.05) is 41.6 Å². The monoisotopic (exact) mass is 467 g/mol. The standard InChI is InChI=1S/C23H19ClFN5OS/c1-14-6-3-4-8-20(14)30-21(16-7-5-11-26-13-16)28-29-23(30)32-15(2)22(31)27-19-10-9-17(25)12-18(19)24/h3-13,15H,1-2H3,(H,27,31)/t15-/m1/s1. The minimum atomic E-state index is -0.523. The Morgan fingerprint density at radius 1 is 1.16 bits per heavy atom. The van der Waals surface area contributed by atoms with Gasteiger partial charge in [0.25, 0.3) is 0 Å². The molecular formula is C23H19ClFN5OS. The number of carbonyl (C=O) groups is 1. The summed E-state index contributed by atoms with van der Waals surface area (Å²) in [6.07, 6.45) is 3.42. The molecule has 1 N–H and O–H groups in total. The van der Waals surface area contributed by atoms with Gasteiger partial charge in [0.1, 0.15) is 5.82 Å². The predicted octanol–water partition coefficient (Wildman–Crippen LogP) is 5.55. The van der Waals surface area contributed by atoms with Gasteiger partial charge in [-0.25, -0.2) is 4.39 Å². The number of thioether (sulfide) groups is 1. The summed E-state index contributed by atoms with van der Waals surface area (Å²) in [6.45, 7) is 3.77. The van der Waals surface area contributed by atoms with Gasteiger partial charge in [-0.15, -0.1) is 10.2 Å². The van der Waals surface area contributed by atoms with E-state index >= 15 is 0 Å². The smallest absolute Gasteiger partial charge is 0.237 e. The van der Waals surface area contributed by atoms with Crippen molar-refractivity contribution in [3.8, 4) is 17.1 Å². The predicted molar refractivity (Wildman–Crippen MR) is 125 cm³/mol. The Balaban J connectivity index is 1.65. The molecule has 0 saturated heterocycles. The van der Waals surface area contributed by atoms with Crippen molar-refractivity contribution in [1.29, 1.82) is 0 Å². The minimum absolute atomic E-state index is 0.137. The first-order valence-electron chi connectivity index (χ1n) is 9.78. The van der Waals surface area contributed by atoms with Crippen LogP contribution in [-0.4, -0.2) is 30.9 Å². The van der Waals surface area contributed by atoms with E-state index in [0.717, 1.165) is 22.9 Å². The van der Waals surface area contributed by atoms with Crippen LogP contribution >= 0.6 is 23.4 Å². The largest absolute Gasteiger partial charge is 0.324 e. The fourth-order valence-electron chi connectivity index (χ4n) is 3.10. The molecule has 0 radical (unpaired) electrons. The summed E-state index contributed by atoms with van der Waals surface area (Å²) in [5, 5.41) is 11.7. The normalized spacial score (nSPS) is 11.9. The summed E-state index contributed by atoms with van der Waals surface area (Å²) >= 11 is 7.30. The number of amides is 1. The maximum Gasteiger partial charge on any atom is 0.237 e. The molecule has 0 aliphatic rings. The van der Waals surface area contributed by atoms with E-state index in [1.54, 1.807) is 19.3 Å². The number of aromatic nitrogens is 4. The van der Waals surface area contributed by atoms with Gasteiger partial charge in [0, 0.05) is 18.0 Å². The molecule has 1 amide bonds. The molecule has 162 valence electrons. The van der Waals surface area contributed by atoms with E-state index in [0.29, 0.717) is 16.7 Å². The lowest BCUT2D eigenvalue weighted by atomic mass is 10.2. The van der Waals surface area contributed by atoms with E-state index in [-0.39, 0.29) is 10.9 Å². The lowest BCUT2D eigenvalue weighted by molar-refractivity contribution is -0.115. The zero-order valence-corrected chi connectivity index (χ0v) is 18.9. The van der Waals surface area contributed by atoms with Crippen LogP contribution < -0.4 is 5.32 Å². The Hall–Kier alpha value is -3.23. The highest BCUT2D eigenvalue weighted by Crippen LogP contribution is 2.32. The average molecular weight is 468 g/mol. The lowest BCUT2D eigenvalue weighted by Crippen LogP contribution is -2.23. The van der Waals surface area contributed by atoms with Crippen LogP contribution in [0.25, 0.3) is 17.1 Å². The first-order chi connectivity index (χ1) is 15.4. The second kappa shape index (κ2) is 9.50. The molecule has 32 heavy (non-hydrogen) atoms. The van der Waals surface area contributed by atoms with Crippen molar-refractivity contribution >= 4 is 35.0 Å². The maximum absolute atomic E-state index is 13.3. The molecule has 0 fully saturated rings. The van der Waals surface area contributed by atoms with Gasteiger partial charge in [0.05, 0.1) is 21.6 Å². The van der Waals surface area contributed by atoms with Crippen molar-refractivity contribution in [1.82, 2.24) is 19.7 Å². The van der Waals surface area contributed by atoms with Crippen molar-refractivity contribution < 1.29 is 9.18 Å². The molecule has 2 aromatic heterocycles. The van der Waals surface area contributed by atoms with Crippen molar-refractivity contribution in [2.45, 2.75) is 24.3 Å². The number of anilines is 1. The quantitative estimate of drug-likeness (QED) is 0.376. The van der Waals surface area contributed by atoms with E-state index in [1.165, 1.54) is 23.9 Å². The van der Waals surface area contributed by atoms with Crippen LogP contribution in [0.1, 0.15) is 12.5 Å². The van der Waals surface area contributed by atoms with Crippen molar-refractivity contribution in [2.24, 2.45) is 0 Å². The van der Waals surface area contributed by atoms with Crippen LogP contribution in [0.4, 0.5) is 10.1 Å². The second-order valence-electron chi connectivity index (χ2n) is 7.04. The second-order valence-corrected chi connectivity index (χ2v) is 8.76. The van der Waals surface area contributed by atoms with Crippen molar-refractivity contribution in [3.05, 3.63) is 83.4 Å². The fourth-order valence-corrected chi connectivity index (χ4v) is 4.17. The number of hydrogen-bond acceptors (Lipinski definition) is 5. The Kier molecular flexibility index (Phi) is 6.53. The van der Waals surface area contributed by atoms with Gasteiger partial charge >= 0.3 is 0 Å². The van der Waals surface area contributed by atoms with Gasteiger partial charge in [-0.05, 0) is 55.8 Å². The highest BCUT2D eigenvalue weighted by atomic mass is 35.5. The summed E-state index contributed by atoms with van der Waals surface area (Å²) in [5.41, 5.74) is 3.11. The lowest BCUT2D eigenvalue weighted by Gasteiger charge is -2.15. The topological polar surface area (TPSA) is 72.7 Å². The molecular weight excluding hydrogens is 449 g/mol. The molecule has 6 nitrogen and oxygen atoms in total. The van der Waals surface area contributed by atoms with E-state index in [4.69, 9.17) is 11.6 Å². The third-order valence-electron chi connectivity index (χ3n) is 4.75. The fraction of sp³-hybridized carbons (Fsp3) is 0.130. The zero-order chi connectivity index (χ0) is 22.7. The van der Waals surface area contributed by atoms with Crippen molar-refractivity contribution in [3.63, 3.8) is 0 Å². The first kappa shape index (κ1) is 22.0. The van der Waals surface area contributed by atoms with Gasteiger partial charge in [-0.2, -0.15) is 0 Å². The van der Waals surface area contributed by atoms with Gasteiger partial charge < -0.3 is 5.32 Å². The highest BCUT2D eigenvalue weighted by Gasteiger charge is 2.23. The number of carbonyl (C=O) groups excluding carboxylic acids is 1. The molecule has 2 heterocycles. The van der Waals surface area contributed by atoms with Crippen LogP contribution in [0.15, 0.2) is 72.1 Å². The van der Waals surface area contributed by atoms with Gasteiger partial charge in [-0.3, -0.25) is 14.3 Å². The number of halogens is 2. The first-order valence-corrected chi connectivity index (χ1v) is 11.0. The summed E-state index contributed by atoms with van der Waals surface area (Å²) in [6, 6.07) is 15.5. The highest BCUT2D eigenvalue weighted by molar-refractivity contribution is 8.00. The van der Waals surface area contributed by atoms with E-state index in [2.05, 4.69) is 20.5 Å². The van der Waals surface area contributed by atoms with E-state index < -0.39 is 11.1 Å². The summed E-state index contributed by atoms with van der Waals surface area (Å²) < 4.78 is 15.2.